The quantitative estimate of drug-likeness (QED) is 0.370. The number of hydrogen-bond donors (Lipinski definition) is 3. The van der Waals surface area contributed by atoms with Crippen molar-refractivity contribution in [1.29, 1.82) is 0 Å². The molecule has 3 N–H and O–H groups in total. The van der Waals surface area contributed by atoms with Gasteiger partial charge in [-0.25, -0.2) is 9.97 Å². The number of aromatic nitrogens is 2. The van der Waals surface area contributed by atoms with Gasteiger partial charge in [0, 0.05) is 34.6 Å². The molecule has 0 radical (unpaired) electrons. The van der Waals surface area contributed by atoms with E-state index in [4.69, 9.17) is 0 Å². The topological polar surface area (TPSA) is 78.9 Å². The number of rotatable bonds is 4. The first-order valence-electron chi connectivity index (χ1n) is 10.1. The summed E-state index contributed by atoms with van der Waals surface area (Å²) in [5, 5.41) is 9.72. The van der Waals surface area contributed by atoms with E-state index in [1.54, 1.807) is 6.33 Å². The maximum atomic E-state index is 12.6. The number of nitrogens with zero attached hydrogens (tertiary/aromatic N) is 2. The molecule has 0 unspecified atom stereocenters. The Morgan fingerprint density at radius 1 is 0.935 bits per heavy atom. The first-order valence-corrected chi connectivity index (χ1v) is 10.1. The summed E-state index contributed by atoms with van der Waals surface area (Å²) in [7, 11) is 0. The number of carbonyl (C=O) groups excluding carboxylic acids is 1. The van der Waals surface area contributed by atoms with Gasteiger partial charge in [-0.1, -0.05) is 42.0 Å². The van der Waals surface area contributed by atoms with Crippen molar-refractivity contribution in [3.8, 4) is 0 Å². The second-order valence-electron chi connectivity index (χ2n) is 7.54. The van der Waals surface area contributed by atoms with Crippen LogP contribution in [-0.4, -0.2) is 15.9 Å². The molecule has 6 nitrogen and oxygen atoms in total. The zero-order valence-electron chi connectivity index (χ0n) is 17.0. The van der Waals surface area contributed by atoms with Crippen molar-refractivity contribution in [3.05, 3.63) is 101 Å². The van der Waals surface area contributed by atoms with Crippen molar-refractivity contribution in [1.82, 2.24) is 9.97 Å². The van der Waals surface area contributed by atoms with Gasteiger partial charge in [-0.2, -0.15) is 0 Å². The maximum absolute atomic E-state index is 12.6. The fraction of sp³-hybridized carbons (Fsp3) is 0.0800. The number of para-hydroxylation sites is 1. The fourth-order valence-corrected chi connectivity index (χ4v) is 3.71. The Morgan fingerprint density at radius 3 is 2.68 bits per heavy atom. The minimum absolute atomic E-state index is 0.138. The lowest BCUT2D eigenvalue weighted by molar-refractivity contribution is 0.102. The number of amides is 1. The van der Waals surface area contributed by atoms with Crippen LogP contribution in [0.4, 0.5) is 28.7 Å². The third-order valence-electron chi connectivity index (χ3n) is 5.25. The predicted molar refractivity (Wildman–Crippen MR) is 123 cm³/mol. The lowest BCUT2D eigenvalue weighted by Gasteiger charge is -2.22. The van der Waals surface area contributed by atoms with Crippen LogP contribution in [0.25, 0.3) is 0 Å². The van der Waals surface area contributed by atoms with Crippen LogP contribution < -0.4 is 16.0 Å². The molecule has 1 aromatic heterocycles. The van der Waals surface area contributed by atoms with Crippen LogP contribution in [0.15, 0.2) is 79.1 Å². The molecule has 1 aliphatic heterocycles. The molecular weight excluding hydrogens is 386 g/mol. The van der Waals surface area contributed by atoms with Gasteiger partial charge >= 0.3 is 0 Å². The first kappa shape index (κ1) is 18.8. The molecule has 5 rings (SSSR count). The number of carbonyl (C=O) groups is 1. The van der Waals surface area contributed by atoms with Gasteiger partial charge in [0.25, 0.3) is 5.91 Å². The Hall–Kier alpha value is -4.19. The minimum Gasteiger partial charge on any atom is -0.340 e. The predicted octanol–water partition coefficient (Wildman–Crippen LogP) is 5.43. The van der Waals surface area contributed by atoms with Gasteiger partial charge in [0.2, 0.25) is 0 Å². The molecule has 3 aromatic carbocycles. The SMILES string of the molecule is Cc1cccc(C(=O)Nc2cccc(Nc3ncnc4c3Cc3ccccc3N4)c2)c1. The molecule has 0 atom stereocenters. The Kier molecular flexibility index (Phi) is 4.80. The van der Waals surface area contributed by atoms with Crippen LogP contribution in [0, 0.1) is 6.92 Å². The summed E-state index contributed by atoms with van der Waals surface area (Å²) >= 11 is 0. The van der Waals surface area contributed by atoms with Crippen LogP contribution >= 0.6 is 0 Å². The summed E-state index contributed by atoms with van der Waals surface area (Å²) in [6, 6.07) is 23.3. The summed E-state index contributed by atoms with van der Waals surface area (Å²) in [5.41, 5.74) is 6.51. The van der Waals surface area contributed by atoms with Crippen LogP contribution in [-0.2, 0) is 6.42 Å². The third-order valence-corrected chi connectivity index (χ3v) is 5.25. The van der Waals surface area contributed by atoms with Crippen LogP contribution in [0.3, 0.4) is 0 Å². The van der Waals surface area contributed by atoms with Crippen molar-refractivity contribution in [2.24, 2.45) is 0 Å². The molecule has 0 spiro atoms. The van der Waals surface area contributed by atoms with Crippen LogP contribution in [0.5, 0.6) is 0 Å². The second-order valence-corrected chi connectivity index (χ2v) is 7.54. The van der Waals surface area contributed by atoms with E-state index >= 15 is 0 Å². The summed E-state index contributed by atoms with van der Waals surface area (Å²) < 4.78 is 0. The maximum Gasteiger partial charge on any atom is 0.255 e. The van der Waals surface area contributed by atoms with Gasteiger partial charge in [0.1, 0.15) is 18.0 Å². The van der Waals surface area contributed by atoms with Gasteiger partial charge in [0.05, 0.1) is 0 Å². The lowest BCUT2D eigenvalue weighted by Crippen LogP contribution is -2.13. The highest BCUT2D eigenvalue weighted by molar-refractivity contribution is 6.04. The fourth-order valence-electron chi connectivity index (χ4n) is 3.71. The molecule has 4 aromatic rings. The molecular formula is C25H21N5O. The average molecular weight is 407 g/mol. The number of fused-ring (bicyclic) bond motifs is 2. The van der Waals surface area contributed by atoms with Gasteiger partial charge < -0.3 is 16.0 Å². The number of aryl methyl sites for hydroxylation is 1. The van der Waals surface area contributed by atoms with E-state index in [1.165, 1.54) is 5.56 Å². The molecule has 0 fully saturated rings. The van der Waals surface area contributed by atoms with E-state index in [1.807, 2.05) is 73.7 Å². The number of benzene rings is 3. The number of anilines is 5. The molecule has 0 aliphatic carbocycles. The zero-order valence-corrected chi connectivity index (χ0v) is 17.0. The van der Waals surface area contributed by atoms with E-state index in [0.29, 0.717) is 11.3 Å². The standard InChI is InChI=1S/C25H21N5O/c1-16-6-4-8-18(12-16)25(31)29-20-10-5-9-19(14-20)28-23-21-13-17-7-2-3-11-22(17)30-24(21)27-15-26-23/h2-12,14-15H,13H2,1H3,(H,29,31)(H2,26,27,28,30). The molecule has 0 saturated carbocycles. The number of nitrogens with one attached hydrogen (secondary N) is 3. The second kappa shape index (κ2) is 7.91. The minimum atomic E-state index is -0.138. The Balaban J connectivity index is 1.37. The summed E-state index contributed by atoms with van der Waals surface area (Å²) in [6.45, 7) is 1.97. The van der Waals surface area contributed by atoms with E-state index in [2.05, 4.69) is 32.0 Å². The summed E-state index contributed by atoms with van der Waals surface area (Å²) in [5.74, 6) is 1.41. The van der Waals surface area contributed by atoms with Gasteiger partial charge in [-0.3, -0.25) is 4.79 Å². The van der Waals surface area contributed by atoms with Crippen molar-refractivity contribution < 1.29 is 4.79 Å². The highest BCUT2D eigenvalue weighted by Crippen LogP contribution is 2.35. The van der Waals surface area contributed by atoms with E-state index in [9.17, 15) is 4.79 Å². The highest BCUT2D eigenvalue weighted by Gasteiger charge is 2.19. The molecule has 6 heteroatoms. The normalized spacial score (nSPS) is 11.6. The van der Waals surface area contributed by atoms with E-state index in [0.717, 1.165) is 40.6 Å². The van der Waals surface area contributed by atoms with Crippen molar-refractivity contribution >= 4 is 34.6 Å². The molecule has 1 amide bonds. The highest BCUT2D eigenvalue weighted by atomic mass is 16.1. The molecule has 0 bridgehead atoms. The summed E-state index contributed by atoms with van der Waals surface area (Å²) in [6.07, 6.45) is 2.29. The third kappa shape index (κ3) is 3.96. The monoisotopic (exact) mass is 407 g/mol. The molecule has 31 heavy (non-hydrogen) atoms. The largest absolute Gasteiger partial charge is 0.340 e. The Morgan fingerprint density at radius 2 is 1.77 bits per heavy atom. The van der Waals surface area contributed by atoms with Crippen molar-refractivity contribution in [2.45, 2.75) is 13.3 Å². The van der Waals surface area contributed by atoms with Gasteiger partial charge in [0.15, 0.2) is 0 Å². The van der Waals surface area contributed by atoms with E-state index in [-0.39, 0.29) is 5.91 Å². The lowest BCUT2D eigenvalue weighted by atomic mass is 10.00. The van der Waals surface area contributed by atoms with Crippen molar-refractivity contribution in [3.63, 3.8) is 0 Å². The molecule has 152 valence electrons. The Bertz CT molecular complexity index is 1280. The van der Waals surface area contributed by atoms with Gasteiger partial charge in [-0.05, 0) is 48.9 Å². The number of hydrogen-bond acceptors (Lipinski definition) is 5. The first-order chi connectivity index (χ1) is 15.2. The Labute approximate surface area is 180 Å². The molecule has 0 saturated heterocycles. The van der Waals surface area contributed by atoms with Crippen molar-refractivity contribution in [2.75, 3.05) is 16.0 Å². The summed E-state index contributed by atoms with van der Waals surface area (Å²) in [4.78, 5) is 21.4. The molecule has 2 heterocycles. The zero-order chi connectivity index (χ0) is 21.2. The molecule has 1 aliphatic rings. The van der Waals surface area contributed by atoms with E-state index < -0.39 is 0 Å². The average Bonchev–Trinajstić information content (AvgIpc) is 2.78. The van der Waals surface area contributed by atoms with Crippen LogP contribution in [0.1, 0.15) is 27.0 Å². The van der Waals surface area contributed by atoms with Crippen LogP contribution in [0.2, 0.25) is 0 Å². The van der Waals surface area contributed by atoms with Gasteiger partial charge in [-0.15, -0.1) is 0 Å². The smallest absolute Gasteiger partial charge is 0.255 e.